The molecule has 1 N–H and O–H groups in total. The van der Waals surface area contributed by atoms with Crippen LogP contribution in [0, 0.1) is 11.8 Å². The Morgan fingerprint density at radius 1 is 0.750 bits per heavy atom. The highest BCUT2D eigenvalue weighted by Crippen LogP contribution is 2.34. The molecule has 14 nitrogen and oxygen atoms in total. The lowest BCUT2D eigenvalue weighted by Crippen LogP contribution is -2.54. The number of likely N-dealkylation sites (tertiary alicyclic amines) is 1. The number of hydrogen-bond acceptors (Lipinski definition) is 11. The van der Waals surface area contributed by atoms with Gasteiger partial charge in [-0.1, -0.05) is 18.1 Å². The van der Waals surface area contributed by atoms with Gasteiger partial charge >= 0.3 is 0 Å². The standard InChI is InChI=1S/C46H39N7O7/c1-51-39-15-16-47-24-38(39)35-10-5-27(18-41(35)51)28-6-14-43(49-22-28)60-33-19-32(20-33)59-31-8-7-29(48-23-31)4-2-3-17-52-25-34(26-52)58-30-9-11-36-37(21-30)46(57)53(45(36)56)40-12-13-42(54)50-44(40)55/h5-11,14-16,18,21-24,32-34,40H,3,12-13,17,19-20,25-26H2,1H3,(H,50,54,55)/t32-,33-,40?. The molecule has 1 atom stereocenters. The van der Waals surface area contributed by atoms with Crippen LogP contribution in [0.2, 0.25) is 0 Å². The summed E-state index contributed by atoms with van der Waals surface area (Å²) >= 11 is 0. The van der Waals surface area contributed by atoms with Crippen LogP contribution < -0.4 is 19.5 Å². The summed E-state index contributed by atoms with van der Waals surface area (Å²) in [7, 11) is 2.08. The number of piperidine rings is 1. The van der Waals surface area contributed by atoms with Crippen LogP contribution in [-0.4, -0.2) is 96.9 Å². The minimum atomic E-state index is -1.00. The van der Waals surface area contributed by atoms with Crippen LogP contribution in [0.15, 0.2) is 91.5 Å². The molecular formula is C46H39N7O7. The van der Waals surface area contributed by atoms with Crippen LogP contribution in [0.3, 0.4) is 0 Å². The van der Waals surface area contributed by atoms with Gasteiger partial charge in [0.2, 0.25) is 17.7 Å². The van der Waals surface area contributed by atoms with Crippen molar-refractivity contribution in [2.45, 2.75) is 56.5 Å². The maximum Gasteiger partial charge on any atom is 0.262 e. The number of nitrogens with zero attached hydrogens (tertiary/aromatic N) is 6. The van der Waals surface area contributed by atoms with E-state index in [1.807, 2.05) is 48.9 Å². The van der Waals surface area contributed by atoms with Crippen molar-refractivity contribution in [3.8, 4) is 40.3 Å². The Balaban J connectivity index is 0.638. The third-order valence-electron chi connectivity index (χ3n) is 11.7. The summed E-state index contributed by atoms with van der Waals surface area (Å²) < 4.78 is 20.5. The third kappa shape index (κ3) is 7.07. The Morgan fingerprint density at radius 2 is 1.55 bits per heavy atom. The van der Waals surface area contributed by atoms with Crippen molar-refractivity contribution < 1.29 is 33.4 Å². The molecule has 4 amide bonds. The van der Waals surface area contributed by atoms with Crippen LogP contribution >= 0.6 is 0 Å². The summed E-state index contributed by atoms with van der Waals surface area (Å²) in [5, 5.41) is 4.53. The first kappa shape index (κ1) is 37.2. The topological polar surface area (TPSA) is 158 Å². The molecule has 0 spiro atoms. The molecule has 2 saturated heterocycles. The fraction of sp³-hybridized carbons (Fsp3) is 0.283. The molecule has 14 heteroatoms. The second-order valence-corrected chi connectivity index (χ2v) is 15.6. The van der Waals surface area contributed by atoms with E-state index in [0.29, 0.717) is 42.6 Å². The smallest absolute Gasteiger partial charge is 0.262 e. The number of aromatic nitrogens is 4. The van der Waals surface area contributed by atoms with Gasteiger partial charge in [-0.05, 0) is 66.4 Å². The van der Waals surface area contributed by atoms with E-state index in [2.05, 4.69) is 66.8 Å². The molecule has 1 aliphatic carbocycles. The van der Waals surface area contributed by atoms with Crippen LogP contribution in [-0.2, 0) is 16.6 Å². The Kier molecular flexibility index (Phi) is 9.45. The minimum Gasteiger partial charge on any atom is -0.489 e. The van der Waals surface area contributed by atoms with E-state index >= 15 is 0 Å². The lowest BCUT2D eigenvalue weighted by Gasteiger charge is -2.38. The van der Waals surface area contributed by atoms with E-state index in [4.69, 9.17) is 14.2 Å². The summed E-state index contributed by atoms with van der Waals surface area (Å²) in [6.45, 7) is 2.19. The van der Waals surface area contributed by atoms with Crippen molar-refractivity contribution in [1.29, 1.82) is 0 Å². The maximum absolute atomic E-state index is 13.1. The zero-order valence-electron chi connectivity index (χ0n) is 32.7. The first-order chi connectivity index (χ1) is 29.2. The molecule has 2 aromatic carbocycles. The van der Waals surface area contributed by atoms with Gasteiger partial charge < -0.3 is 18.8 Å². The minimum absolute atomic E-state index is 0.0389. The molecular weight excluding hydrogens is 763 g/mol. The molecule has 7 heterocycles. The van der Waals surface area contributed by atoms with Gasteiger partial charge in [0.25, 0.3) is 11.8 Å². The Morgan fingerprint density at radius 3 is 2.35 bits per heavy atom. The molecule has 6 aromatic rings. The Labute approximate surface area is 344 Å². The molecule has 3 aliphatic heterocycles. The Bertz CT molecular complexity index is 2760. The van der Waals surface area contributed by atoms with E-state index in [1.165, 1.54) is 5.39 Å². The average molecular weight is 802 g/mol. The van der Waals surface area contributed by atoms with Gasteiger partial charge in [-0.3, -0.25) is 39.3 Å². The molecule has 300 valence electrons. The first-order valence-corrected chi connectivity index (χ1v) is 20.1. The molecule has 1 unspecified atom stereocenters. The van der Waals surface area contributed by atoms with Crippen LogP contribution in [0.25, 0.3) is 32.9 Å². The van der Waals surface area contributed by atoms with Gasteiger partial charge in [-0.15, -0.1) is 0 Å². The molecule has 60 heavy (non-hydrogen) atoms. The molecule has 0 bridgehead atoms. The normalized spacial score (nSPS) is 20.3. The van der Waals surface area contributed by atoms with Crippen molar-refractivity contribution in [1.82, 2.24) is 34.6 Å². The number of nitrogens with one attached hydrogen (secondary N) is 1. The van der Waals surface area contributed by atoms with E-state index in [-0.39, 0.29) is 42.3 Å². The van der Waals surface area contributed by atoms with Crippen molar-refractivity contribution in [2.75, 3.05) is 19.6 Å². The number of fused-ring (bicyclic) bond motifs is 4. The number of ether oxygens (including phenoxy) is 3. The van der Waals surface area contributed by atoms with Gasteiger partial charge in [0.15, 0.2) is 0 Å². The SMILES string of the molecule is Cn1c2ccncc2c2ccc(-c3ccc(O[C@H]4C[C@H](Oc5ccc(C#CCCN6CC(Oc7ccc8c(c7)C(=O)N(C7CCC(=O)NC7=O)C8=O)C6)nc5)C4)nc3)cc21. The fourth-order valence-electron chi connectivity index (χ4n) is 8.31. The number of amides is 4. The predicted molar refractivity (Wildman–Crippen MR) is 219 cm³/mol. The van der Waals surface area contributed by atoms with Gasteiger partial charge in [0, 0.05) is 98.9 Å². The lowest BCUT2D eigenvalue weighted by atomic mass is 9.92. The summed E-state index contributed by atoms with van der Waals surface area (Å²) in [6, 6.07) is 20.0. The van der Waals surface area contributed by atoms with Crippen molar-refractivity contribution in [3.63, 3.8) is 0 Å². The largest absolute Gasteiger partial charge is 0.489 e. The summed E-state index contributed by atoms with van der Waals surface area (Å²) in [5.41, 5.74) is 5.52. The highest BCUT2D eigenvalue weighted by Gasteiger charge is 2.45. The maximum atomic E-state index is 13.1. The van der Waals surface area contributed by atoms with Crippen LogP contribution in [0.4, 0.5) is 0 Å². The quantitative estimate of drug-likeness (QED) is 0.146. The van der Waals surface area contributed by atoms with Gasteiger partial charge in [-0.25, -0.2) is 9.97 Å². The van der Waals surface area contributed by atoms with E-state index in [0.717, 1.165) is 51.8 Å². The number of pyridine rings is 3. The number of aryl methyl sites for hydroxylation is 1. The Hall–Kier alpha value is -7.11. The van der Waals surface area contributed by atoms with E-state index < -0.39 is 29.7 Å². The average Bonchev–Trinajstić information content (AvgIpc) is 3.65. The molecule has 4 aromatic heterocycles. The number of rotatable bonds is 10. The number of carbonyl (C=O) groups is 4. The van der Waals surface area contributed by atoms with E-state index in [9.17, 15) is 19.2 Å². The zero-order chi connectivity index (χ0) is 40.9. The van der Waals surface area contributed by atoms with Crippen LogP contribution in [0.1, 0.15) is 58.5 Å². The number of imide groups is 2. The highest BCUT2D eigenvalue weighted by molar-refractivity contribution is 6.23. The summed E-state index contributed by atoms with van der Waals surface area (Å²) in [5.74, 6) is 5.96. The molecule has 4 aliphatic rings. The van der Waals surface area contributed by atoms with Gasteiger partial charge in [-0.2, -0.15) is 0 Å². The van der Waals surface area contributed by atoms with E-state index in [1.54, 1.807) is 24.4 Å². The highest BCUT2D eigenvalue weighted by atomic mass is 16.5. The predicted octanol–water partition coefficient (Wildman–Crippen LogP) is 5.08. The monoisotopic (exact) mass is 801 g/mol. The molecule has 1 saturated carbocycles. The van der Waals surface area contributed by atoms with Crippen molar-refractivity contribution in [3.05, 3.63) is 108 Å². The fourth-order valence-corrected chi connectivity index (χ4v) is 8.31. The summed E-state index contributed by atoms with van der Waals surface area (Å²) in [4.78, 5) is 66.5. The van der Waals surface area contributed by atoms with Crippen molar-refractivity contribution >= 4 is 45.4 Å². The zero-order valence-corrected chi connectivity index (χ0v) is 32.7. The third-order valence-corrected chi connectivity index (χ3v) is 11.7. The second kappa shape index (κ2) is 15.2. The lowest BCUT2D eigenvalue weighted by molar-refractivity contribution is -0.136. The molecule has 3 fully saturated rings. The summed E-state index contributed by atoms with van der Waals surface area (Å²) in [6.07, 6.45) is 9.70. The van der Waals surface area contributed by atoms with Gasteiger partial charge in [0.1, 0.15) is 41.5 Å². The number of hydrogen-bond donors (Lipinski definition) is 1. The first-order valence-electron chi connectivity index (χ1n) is 20.1. The number of benzene rings is 2. The molecule has 10 rings (SSSR count). The molecule has 0 radical (unpaired) electrons. The van der Waals surface area contributed by atoms with Crippen LogP contribution in [0.5, 0.6) is 17.4 Å². The van der Waals surface area contributed by atoms with Gasteiger partial charge in [0.05, 0.1) is 22.8 Å². The second-order valence-electron chi connectivity index (χ2n) is 15.6. The van der Waals surface area contributed by atoms with Crippen molar-refractivity contribution in [2.24, 2.45) is 7.05 Å². The number of carbonyl (C=O) groups excluding carboxylic acids is 4.